The number of fused-ring (bicyclic) bond motifs is 1. The lowest BCUT2D eigenvalue weighted by atomic mass is 9.83. The summed E-state index contributed by atoms with van der Waals surface area (Å²) in [6.45, 7) is 4.72. The van der Waals surface area contributed by atoms with Crippen molar-refractivity contribution in [2.24, 2.45) is 0 Å². The lowest BCUT2D eigenvalue weighted by molar-refractivity contribution is -0.146. The van der Waals surface area contributed by atoms with Crippen LogP contribution in [-0.2, 0) is 14.3 Å². The molecule has 1 aromatic heterocycles. The molecule has 2 unspecified atom stereocenters. The van der Waals surface area contributed by atoms with Gasteiger partial charge in [-0.2, -0.15) is 5.10 Å². The quantitative estimate of drug-likeness (QED) is 0.190. The van der Waals surface area contributed by atoms with Gasteiger partial charge in [-0.05, 0) is 62.4 Å². The lowest BCUT2D eigenvalue weighted by Gasteiger charge is -2.40. The normalized spacial score (nSPS) is 15.7. The third-order valence-corrected chi connectivity index (χ3v) is 8.25. The number of likely N-dealkylation sites (tertiary alicyclic amines) is 1. The molecule has 1 fully saturated rings. The monoisotopic (exact) mass is 609 g/mol. The molecule has 2 N–H and O–H groups in total. The molecule has 2 atom stereocenters. The molecule has 0 bridgehead atoms. The number of ether oxygens (including phenoxy) is 2. The van der Waals surface area contributed by atoms with E-state index in [1.807, 2.05) is 105 Å². The van der Waals surface area contributed by atoms with E-state index in [-0.39, 0.29) is 36.5 Å². The molecule has 2 heterocycles. The highest BCUT2D eigenvalue weighted by atomic mass is 16.5. The molecule has 0 saturated carbocycles. The molecule has 1 amide bonds. The maximum atomic E-state index is 14.6. The van der Waals surface area contributed by atoms with Crippen LogP contribution in [0.3, 0.4) is 0 Å². The molecule has 236 valence electrons. The van der Waals surface area contributed by atoms with Gasteiger partial charge in [0, 0.05) is 42.7 Å². The van der Waals surface area contributed by atoms with Gasteiger partial charge in [0.1, 0.15) is 5.75 Å². The van der Waals surface area contributed by atoms with Crippen LogP contribution in [-0.4, -0.2) is 71.9 Å². The molecule has 9 nitrogen and oxygen atoms in total. The maximum Gasteiger partial charge on any atom is 0.320 e. The summed E-state index contributed by atoms with van der Waals surface area (Å²) >= 11 is 0. The van der Waals surface area contributed by atoms with Crippen molar-refractivity contribution in [3.63, 3.8) is 0 Å². The fourth-order valence-corrected chi connectivity index (χ4v) is 6.17. The van der Waals surface area contributed by atoms with E-state index in [9.17, 15) is 9.59 Å². The van der Waals surface area contributed by atoms with Crippen molar-refractivity contribution in [1.82, 2.24) is 20.4 Å². The van der Waals surface area contributed by atoms with Crippen molar-refractivity contribution in [2.75, 3.05) is 32.1 Å². The van der Waals surface area contributed by atoms with Crippen molar-refractivity contribution in [1.29, 1.82) is 0 Å². The number of carbonyl (C=O) groups is 2. The van der Waals surface area contributed by atoms with Gasteiger partial charge >= 0.3 is 5.97 Å². The number of nitrogens with one attached hydrogen (secondary N) is 2. The van der Waals surface area contributed by atoms with Crippen molar-refractivity contribution in [3.05, 3.63) is 96.2 Å². The van der Waals surface area contributed by atoms with Crippen LogP contribution in [0.15, 0.2) is 85.1 Å². The minimum Gasteiger partial charge on any atom is -0.493 e. The third-order valence-electron chi connectivity index (χ3n) is 8.25. The Labute approximate surface area is 265 Å². The zero-order chi connectivity index (χ0) is 31.6. The molecule has 1 saturated heterocycles. The van der Waals surface area contributed by atoms with Gasteiger partial charge in [0.15, 0.2) is 5.82 Å². The largest absolute Gasteiger partial charge is 0.493 e. The Morgan fingerprint density at radius 3 is 2.36 bits per heavy atom. The first kappa shape index (κ1) is 31.9. The Balaban J connectivity index is 1.36. The van der Waals surface area contributed by atoms with Crippen molar-refractivity contribution in [2.45, 2.75) is 63.6 Å². The Morgan fingerprint density at radius 2 is 1.69 bits per heavy atom. The second kappa shape index (κ2) is 15.5. The average Bonchev–Trinajstić information content (AvgIpc) is 3.06. The molecule has 0 radical (unpaired) electrons. The predicted molar refractivity (Wildman–Crippen MR) is 176 cm³/mol. The fourth-order valence-electron chi connectivity index (χ4n) is 6.17. The van der Waals surface area contributed by atoms with Crippen LogP contribution < -0.4 is 15.4 Å². The molecule has 5 rings (SSSR count). The van der Waals surface area contributed by atoms with Crippen LogP contribution in [0, 0.1) is 0 Å². The van der Waals surface area contributed by atoms with Gasteiger partial charge in [0.05, 0.1) is 31.5 Å². The third kappa shape index (κ3) is 8.16. The SMILES string of the molecule is CNc1nncc2cc(OCCC3CCCCN3C(=O)C(NCC(=O)OC(C)C)C(c3ccccc3)c3ccccc3)ccc12. The molecular formula is C36H43N5O4. The van der Waals surface area contributed by atoms with Gasteiger partial charge in [0.2, 0.25) is 5.91 Å². The number of piperidine rings is 1. The molecule has 3 aromatic carbocycles. The number of hydrogen-bond acceptors (Lipinski definition) is 8. The number of esters is 1. The van der Waals surface area contributed by atoms with Crippen LogP contribution in [0.25, 0.3) is 10.8 Å². The number of aromatic nitrogens is 2. The van der Waals surface area contributed by atoms with Gasteiger partial charge < -0.3 is 19.7 Å². The highest BCUT2D eigenvalue weighted by molar-refractivity contribution is 5.91. The summed E-state index contributed by atoms with van der Waals surface area (Å²) in [6.07, 6.45) is 5.08. The Kier molecular flexibility index (Phi) is 11.0. The first-order valence-electron chi connectivity index (χ1n) is 15.8. The van der Waals surface area contributed by atoms with E-state index in [1.54, 1.807) is 6.20 Å². The van der Waals surface area contributed by atoms with Crippen LogP contribution in [0.5, 0.6) is 5.75 Å². The number of hydrogen-bond donors (Lipinski definition) is 2. The predicted octanol–water partition coefficient (Wildman–Crippen LogP) is 5.56. The van der Waals surface area contributed by atoms with Crippen molar-refractivity contribution >= 4 is 28.5 Å². The molecule has 45 heavy (non-hydrogen) atoms. The average molecular weight is 610 g/mol. The summed E-state index contributed by atoms with van der Waals surface area (Å²) in [5, 5.41) is 16.5. The summed E-state index contributed by atoms with van der Waals surface area (Å²) < 4.78 is 11.6. The highest BCUT2D eigenvalue weighted by Crippen LogP contribution is 2.32. The maximum absolute atomic E-state index is 14.6. The number of rotatable bonds is 13. The zero-order valence-electron chi connectivity index (χ0n) is 26.3. The van der Waals surface area contributed by atoms with Crippen LogP contribution in [0.1, 0.15) is 56.6 Å². The minimum absolute atomic E-state index is 0.0152. The van der Waals surface area contributed by atoms with E-state index >= 15 is 0 Å². The van der Waals surface area contributed by atoms with Crippen molar-refractivity contribution < 1.29 is 19.1 Å². The number of amides is 1. The molecule has 1 aliphatic rings. The number of carbonyl (C=O) groups excluding carboxylic acids is 2. The van der Waals surface area contributed by atoms with E-state index in [4.69, 9.17) is 9.47 Å². The van der Waals surface area contributed by atoms with Crippen LogP contribution in [0.4, 0.5) is 5.82 Å². The lowest BCUT2D eigenvalue weighted by Crippen LogP contribution is -2.55. The Bertz CT molecular complexity index is 1510. The first-order chi connectivity index (χ1) is 21.9. The number of benzene rings is 3. The smallest absolute Gasteiger partial charge is 0.320 e. The summed E-state index contributed by atoms with van der Waals surface area (Å²) in [5.74, 6) is 0.782. The summed E-state index contributed by atoms with van der Waals surface area (Å²) in [4.78, 5) is 29.3. The standard InChI is InChI=1S/C36H43N5O4/c1-25(2)45-32(42)24-38-34(33(26-12-6-4-7-13-26)27-14-8-5-9-15-27)36(43)41-20-11-10-16-29(41)19-21-44-30-17-18-31-28(22-30)23-39-40-35(31)37-3/h4-9,12-15,17-18,22-23,25,29,33-34,38H,10-11,16,19-21,24H2,1-3H3,(H,37,40). The van der Waals surface area contributed by atoms with E-state index in [0.29, 0.717) is 19.6 Å². The highest BCUT2D eigenvalue weighted by Gasteiger charge is 2.37. The summed E-state index contributed by atoms with van der Waals surface area (Å²) in [7, 11) is 1.82. The second-order valence-electron chi connectivity index (χ2n) is 11.7. The summed E-state index contributed by atoms with van der Waals surface area (Å²) in [6, 6.07) is 25.3. The van der Waals surface area contributed by atoms with Crippen LogP contribution in [0.2, 0.25) is 0 Å². The van der Waals surface area contributed by atoms with Gasteiger partial charge in [-0.1, -0.05) is 60.7 Å². The molecular weight excluding hydrogens is 566 g/mol. The number of anilines is 1. The van der Waals surface area contributed by atoms with Gasteiger partial charge in [0.25, 0.3) is 0 Å². The fraction of sp³-hybridized carbons (Fsp3) is 0.389. The minimum atomic E-state index is -0.668. The van der Waals surface area contributed by atoms with E-state index in [0.717, 1.165) is 52.7 Å². The molecule has 0 aliphatic carbocycles. The van der Waals surface area contributed by atoms with Gasteiger partial charge in [-0.25, -0.2) is 0 Å². The van der Waals surface area contributed by atoms with E-state index < -0.39 is 6.04 Å². The molecule has 1 aliphatic heterocycles. The molecule has 4 aromatic rings. The van der Waals surface area contributed by atoms with E-state index in [2.05, 4.69) is 20.8 Å². The van der Waals surface area contributed by atoms with Crippen molar-refractivity contribution in [3.8, 4) is 5.75 Å². The topological polar surface area (TPSA) is 106 Å². The molecule has 0 spiro atoms. The van der Waals surface area contributed by atoms with E-state index in [1.165, 1.54) is 0 Å². The Morgan fingerprint density at radius 1 is 0.978 bits per heavy atom. The number of nitrogens with zero attached hydrogens (tertiary/aromatic N) is 3. The van der Waals surface area contributed by atoms with Crippen LogP contribution >= 0.6 is 0 Å². The summed E-state index contributed by atoms with van der Waals surface area (Å²) in [5.41, 5.74) is 2.01. The Hall–Kier alpha value is -4.50. The van der Waals surface area contributed by atoms with Gasteiger partial charge in [-0.3, -0.25) is 14.9 Å². The molecule has 9 heteroatoms. The van der Waals surface area contributed by atoms with Gasteiger partial charge in [-0.15, -0.1) is 5.10 Å². The first-order valence-corrected chi connectivity index (χ1v) is 15.8. The zero-order valence-corrected chi connectivity index (χ0v) is 26.3. The second-order valence-corrected chi connectivity index (χ2v) is 11.7.